The molecule has 0 amide bonds. The van der Waals surface area contributed by atoms with E-state index in [1.165, 1.54) is 38.2 Å². The normalized spacial score (nSPS) is 49.9. The Hall–Kier alpha value is -0.0151. The number of quaternary nitrogens is 1. The standard InChI is InChI=1S/C11H22BNO/c14-2-1-13-12-6-9-3-10(7-12)5-11(4-9)8-12/h9-11,14H,1-8,13H2. The molecule has 0 atom stereocenters. The first-order valence-corrected chi connectivity index (χ1v) is 6.46. The van der Waals surface area contributed by atoms with Crippen LogP contribution in [0.2, 0.25) is 19.0 Å². The van der Waals surface area contributed by atoms with Gasteiger partial charge in [-0.3, -0.25) is 0 Å². The fourth-order valence-electron chi connectivity index (χ4n) is 5.28. The van der Waals surface area contributed by atoms with E-state index in [4.69, 9.17) is 5.11 Å². The molecule has 80 valence electrons. The molecule has 0 aromatic carbocycles. The van der Waals surface area contributed by atoms with Gasteiger partial charge in [0.05, 0.1) is 13.2 Å². The first kappa shape index (κ1) is 9.23. The van der Waals surface area contributed by atoms with E-state index >= 15 is 0 Å². The van der Waals surface area contributed by atoms with Gasteiger partial charge in [-0.25, -0.2) is 0 Å². The molecule has 0 unspecified atom stereocenters. The van der Waals surface area contributed by atoms with Crippen LogP contribution >= 0.6 is 0 Å². The number of aliphatic hydroxyl groups excluding tert-OH is 1. The molecule has 4 rings (SSSR count). The molecule has 1 saturated carbocycles. The first-order chi connectivity index (χ1) is 6.80. The van der Waals surface area contributed by atoms with Gasteiger partial charge < -0.3 is 10.3 Å². The molecule has 2 nitrogen and oxygen atoms in total. The molecule has 3 saturated heterocycles. The molecule has 4 aliphatic rings. The largest absolute Gasteiger partial charge is 0.535 e. The summed E-state index contributed by atoms with van der Waals surface area (Å²) in [6.07, 6.45) is 9.01. The van der Waals surface area contributed by atoms with E-state index in [9.17, 15) is 0 Å². The Bertz CT molecular complexity index is 196. The van der Waals surface area contributed by atoms with E-state index in [2.05, 4.69) is 5.23 Å². The number of rotatable bonds is 3. The molecule has 4 bridgehead atoms. The Morgan fingerprint density at radius 3 is 1.93 bits per heavy atom. The van der Waals surface area contributed by atoms with Crippen molar-refractivity contribution in [3.8, 4) is 0 Å². The van der Waals surface area contributed by atoms with E-state index in [0.29, 0.717) is 6.61 Å². The average molecular weight is 195 g/mol. The van der Waals surface area contributed by atoms with Crippen LogP contribution in [-0.2, 0) is 0 Å². The third-order valence-corrected chi connectivity index (χ3v) is 5.20. The fraction of sp³-hybridized carbons (Fsp3) is 1.00. The molecular formula is C11H22BNO. The maximum absolute atomic E-state index is 8.95. The zero-order chi connectivity index (χ0) is 9.60. The highest BCUT2D eigenvalue weighted by Gasteiger charge is 2.50. The lowest BCUT2D eigenvalue weighted by Gasteiger charge is -2.58. The third kappa shape index (κ3) is 1.41. The lowest BCUT2D eigenvalue weighted by Crippen LogP contribution is -3.02. The van der Waals surface area contributed by atoms with Crippen molar-refractivity contribution < 1.29 is 10.3 Å². The minimum Gasteiger partial charge on any atom is -0.535 e. The molecular weight excluding hydrogens is 173 g/mol. The van der Waals surface area contributed by atoms with Crippen LogP contribution < -0.4 is 5.23 Å². The van der Waals surface area contributed by atoms with Crippen LogP contribution in [-0.4, -0.2) is 24.5 Å². The smallest absolute Gasteiger partial charge is 0.207 e. The minimum atomic E-state index is -0.117. The van der Waals surface area contributed by atoms with Crippen LogP contribution in [0.5, 0.6) is 0 Å². The second-order valence-electron chi connectivity index (χ2n) is 6.33. The van der Waals surface area contributed by atoms with Crippen molar-refractivity contribution in [3.63, 3.8) is 0 Å². The summed E-state index contributed by atoms with van der Waals surface area (Å²) in [5.74, 6) is 3.20. The maximum atomic E-state index is 8.95. The number of aliphatic hydroxyl groups is 1. The van der Waals surface area contributed by atoms with Crippen molar-refractivity contribution in [1.29, 1.82) is 0 Å². The third-order valence-electron chi connectivity index (χ3n) is 5.20. The van der Waals surface area contributed by atoms with Crippen molar-refractivity contribution >= 4 is 6.28 Å². The average Bonchev–Trinajstić information content (AvgIpc) is 2.12. The summed E-state index contributed by atoms with van der Waals surface area (Å²) >= 11 is 0. The van der Waals surface area contributed by atoms with Gasteiger partial charge in [-0.1, -0.05) is 37.0 Å². The molecule has 3 aliphatic heterocycles. The first-order valence-electron chi connectivity index (χ1n) is 6.46. The zero-order valence-corrected chi connectivity index (χ0v) is 8.99. The molecule has 14 heavy (non-hydrogen) atoms. The van der Waals surface area contributed by atoms with Crippen molar-refractivity contribution in [2.45, 2.75) is 38.2 Å². The summed E-state index contributed by atoms with van der Waals surface area (Å²) in [7, 11) is 0. The van der Waals surface area contributed by atoms with Gasteiger partial charge in [-0.15, -0.1) is 19.0 Å². The summed E-state index contributed by atoms with van der Waals surface area (Å²) < 4.78 is 0. The van der Waals surface area contributed by atoms with Gasteiger partial charge in [0, 0.05) is 0 Å². The van der Waals surface area contributed by atoms with Crippen LogP contribution in [0, 0.1) is 17.8 Å². The van der Waals surface area contributed by atoms with Crippen LogP contribution in [0.25, 0.3) is 0 Å². The van der Waals surface area contributed by atoms with E-state index < -0.39 is 0 Å². The summed E-state index contributed by atoms with van der Waals surface area (Å²) in [4.78, 5) is 0. The monoisotopic (exact) mass is 195 g/mol. The molecule has 3 N–H and O–H groups in total. The summed E-state index contributed by atoms with van der Waals surface area (Å²) in [6.45, 7) is 1.32. The molecule has 0 aromatic heterocycles. The second-order valence-corrected chi connectivity index (χ2v) is 6.33. The predicted molar refractivity (Wildman–Crippen MR) is 58.4 cm³/mol. The van der Waals surface area contributed by atoms with Gasteiger partial charge in [0.15, 0.2) is 0 Å². The molecule has 0 aromatic rings. The number of hydrogen-bond acceptors (Lipinski definition) is 1. The molecule has 4 fully saturated rings. The Kier molecular flexibility index (Phi) is 2.14. The quantitative estimate of drug-likeness (QED) is 0.634. The van der Waals surface area contributed by atoms with Gasteiger partial charge >= 0.3 is 0 Å². The highest BCUT2D eigenvalue weighted by atomic mass is 16.3. The van der Waals surface area contributed by atoms with Crippen LogP contribution in [0.3, 0.4) is 0 Å². The van der Waals surface area contributed by atoms with Crippen LogP contribution in [0.15, 0.2) is 0 Å². The molecule has 3 heteroatoms. The Morgan fingerprint density at radius 2 is 1.50 bits per heavy atom. The van der Waals surface area contributed by atoms with Crippen LogP contribution in [0.1, 0.15) is 19.3 Å². The van der Waals surface area contributed by atoms with Gasteiger partial charge in [-0.2, -0.15) is 0 Å². The van der Waals surface area contributed by atoms with Crippen molar-refractivity contribution in [2.75, 3.05) is 13.2 Å². The van der Waals surface area contributed by atoms with E-state index in [0.717, 1.165) is 24.3 Å². The van der Waals surface area contributed by atoms with E-state index in [1.54, 1.807) is 0 Å². The molecule has 3 heterocycles. The lowest BCUT2D eigenvalue weighted by molar-refractivity contribution is -0.538. The summed E-state index contributed by atoms with van der Waals surface area (Å²) in [6, 6.07) is 0. The Balaban J connectivity index is 1.74. The lowest BCUT2D eigenvalue weighted by atomic mass is 9.18. The summed E-state index contributed by atoms with van der Waals surface area (Å²) in [5.41, 5.74) is 0. The second kappa shape index (κ2) is 3.24. The molecule has 1 aliphatic carbocycles. The van der Waals surface area contributed by atoms with Gasteiger partial charge in [-0.05, 0) is 0 Å². The van der Waals surface area contributed by atoms with Crippen molar-refractivity contribution in [2.24, 2.45) is 17.8 Å². The number of hydrogen-bond donors (Lipinski definition) is 2. The molecule has 0 spiro atoms. The Morgan fingerprint density at radius 1 is 1.00 bits per heavy atom. The fourth-order valence-corrected chi connectivity index (χ4v) is 5.28. The predicted octanol–water partition coefficient (Wildman–Crippen LogP) is 0.547. The van der Waals surface area contributed by atoms with Gasteiger partial charge in [0.2, 0.25) is 6.28 Å². The van der Waals surface area contributed by atoms with Crippen molar-refractivity contribution in [1.82, 2.24) is 0 Å². The topological polar surface area (TPSA) is 36.8 Å². The van der Waals surface area contributed by atoms with E-state index in [1.807, 2.05) is 0 Å². The highest BCUT2D eigenvalue weighted by Crippen LogP contribution is 2.53. The van der Waals surface area contributed by atoms with Crippen LogP contribution in [0.4, 0.5) is 0 Å². The minimum absolute atomic E-state index is 0.117. The summed E-state index contributed by atoms with van der Waals surface area (Å²) in [5, 5.41) is 11.5. The zero-order valence-electron chi connectivity index (χ0n) is 8.99. The maximum Gasteiger partial charge on any atom is 0.207 e. The Labute approximate surface area is 86.4 Å². The van der Waals surface area contributed by atoms with E-state index in [-0.39, 0.29) is 6.28 Å². The van der Waals surface area contributed by atoms with Gasteiger partial charge in [0.25, 0.3) is 0 Å². The van der Waals surface area contributed by atoms with Gasteiger partial charge in [0.1, 0.15) is 0 Å². The SMILES string of the molecule is OCC[NH2+][B-]12CC3CC(CC(C3)C1)C2. The number of nitrogens with two attached hydrogens (primary N) is 1. The molecule has 0 radical (unpaired) electrons. The van der Waals surface area contributed by atoms with Crippen molar-refractivity contribution in [3.05, 3.63) is 0 Å². The highest BCUT2D eigenvalue weighted by molar-refractivity contribution is 6.72.